The summed E-state index contributed by atoms with van der Waals surface area (Å²) in [5, 5.41) is 4.21. The Morgan fingerprint density at radius 2 is 1.73 bits per heavy atom. The van der Waals surface area contributed by atoms with Crippen LogP contribution in [0.4, 0.5) is 5.82 Å². The summed E-state index contributed by atoms with van der Waals surface area (Å²) in [5.41, 5.74) is 4.16. The fourth-order valence-electron chi connectivity index (χ4n) is 2.93. The van der Waals surface area contributed by atoms with E-state index in [0.717, 1.165) is 27.8 Å². The first kappa shape index (κ1) is 16.5. The Morgan fingerprint density at radius 3 is 2.50 bits per heavy atom. The summed E-state index contributed by atoms with van der Waals surface area (Å²) in [6.07, 6.45) is 5.62. The van der Waals surface area contributed by atoms with E-state index in [1.807, 2.05) is 19.2 Å². The number of anilines is 1. The smallest absolute Gasteiger partial charge is 0.163 e. The van der Waals surface area contributed by atoms with Crippen LogP contribution in [0.15, 0.2) is 71.9 Å². The Labute approximate surface area is 156 Å². The molecule has 1 N–H and O–H groups in total. The zero-order valence-corrected chi connectivity index (χ0v) is 15.4. The largest absolute Gasteiger partial charge is 0.373 e. The number of thioether (sulfide) groups is 1. The lowest BCUT2D eigenvalue weighted by Crippen LogP contribution is -1.99. The van der Waals surface area contributed by atoms with Crippen molar-refractivity contribution in [2.75, 3.05) is 18.6 Å². The van der Waals surface area contributed by atoms with Crippen LogP contribution in [0.3, 0.4) is 0 Å². The van der Waals surface area contributed by atoms with Crippen molar-refractivity contribution < 1.29 is 0 Å². The first-order valence-corrected chi connectivity index (χ1v) is 9.55. The lowest BCUT2D eigenvalue weighted by molar-refractivity contribution is 1.20. The third kappa shape index (κ3) is 3.13. The molecule has 2 aromatic heterocycles. The van der Waals surface area contributed by atoms with Gasteiger partial charge in [-0.15, -0.1) is 11.8 Å². The number of hydrogen-bond donors (Lipinski definition) is 1. The van der Waals surface area contributed by atoms with Crippen LogP contribution in [0.25, 0.3) is 33.4 Å². The second-order valence-electron chi connectivity index (χ2n) is 5.85. The lowest BCUT2D eigenvalue weighted by atomic mass is 10.0. The van der Waals surface area contributed by atoms with Gasteiger partial charge in [-0.3, -0.25) is 4.98 Å². The second-order valence-corrected chi connectivity index (χ2v) is 6.73. The van der Waals surface area contributed by atoms with Gasteiger partial charge in [0, 0.05) is 35.3 Å². The van der Waals surface area contributed by atoms with E-state index < -0.39 is 0 Å². The summed E-state index contributed by atoms with van der Waals surface area (Å²) in [6, 6.07) is 18.7. The molecule has 0 aliphatic rings. The number of hydrogen-bond acceptors (Lipinski definition) is 5. The molecule has 0 unspecified atom stereocenters. The molecule has 4 aromatic rings. The molecule has 0 radical (unpaired) electrons. The number of nitrogens with zero attached hydrogens (tertiary/aromatic N) is 3. The van der Waals surface area contributed by atoms with Gasteiger partial charge in [0.25, 0.3) is 0 Å². The highest BCUT2D eigenvalue weighted by Crippen LogP contribution is 2.30. The van der Waals surface area contributed by atoms with E-state index in [1.165, 1.54) is 10.5 Å². The molecule has 0 atom stereocenters. The topological polar surface area (TPSA) is 50.7 Å². The molecule has 0 spiro atoms. The highest BCUT2D eigenvalue weighted by Gasteiger charge is 2.10. The van der Waals surface area contributed by atoms with Crippen molar-refractivity contribution in [1.29, 1.82) is 0 Å². The van der Waals surface area contributed by atoms with Crippen molar-refractivity contribution in [2.24, 2.45) is 0 Å². The van der Waals surface area contributed by atoms with E-state index >= 15 is 0 Å². The van der Waals surface area contributed by atoms with E-state index in [9.17, 15) is 0 Å². The second kappa shape index (κ2) is 7.14. The average Bonchev–Trinajstić information content (AvgIpc) is 2.73. The maximum Gasteiger partial charge on any atom is 0.163 e. The van der Waals surface area contributed by atoms with Crippen LogP contribution >= 0.6 is 11.8 Å². The minimum absolute atomic E-state index is 0.673. The van der Waals surface area contributed by atoms with Crippen LogP contribution in [-0.4, -0.2) is 28.3 Å². The molecule has 0 amide bonds. The fourth-order valence-corrected chi connectivity index (χ4v) is 3.38. The predicted octanol–water partition coefficient (Wildman–Crippen LogP) is 5.12. The minimum Gasteiger partial charge on any atom is -0.373 e. The van der Waals surface area contributed by atoms with Gasteiger partial charge in [-0.1, -0.05) is 18.2 Å². The molecule has 0 bridgehead atoms. The van der Waals surface area contributed by atoms with Gasteiger partial charge < -0.3 is 5.32 Å². The number of nitrogens with one attached hydrogen (secondary N) is 1. The van der Waals surface area contributed by atoms with Crippen LogP contribution in [0.1, 0.15) is 0 Å². The van der Waals surface area contributed by atoms with Gasteiger partial charge in [0.15, 0.2) is 5.82 Å². The van der Waals surface area contributed by atoms with Crippen LogP contribution in [0.2, 0.25) is 0 Å². The molecule has 0 aliphatic carbocycles. The molecule has 0 aliphatic heterocycles. The Morgan fingerprint density at radius 1 is 0.885 bits per heavy atom. The molecule has 26 heavy (non-hydrogen) atoms. The average molecular weight is 358 g/mol. The monoisotopic (exact) mass is 358 g/mol. The molecule has 0 saturated heterocycles. The maximum atomic E-state index is 4.73. The molecular weight excluding hydrogens is 340 g/mol. The molecular formula is C21H18N4S. The van der Waals surface area contributed by atoms with Gasteiger partial charge in [-0.25, -0.2) is 9.97 Å². The van der Waals surface area contributed by atoms with Gasteiger partial charge in [0.1, 0.15) is 5.82 Å². The van der Waals surface area contributed by atoms with E-state index in [2.05, 4.69) is 59.0 Å². The third-order valence-electron chi connectivity index (χ3n) is 4.26. The molecule has 4 rings (SSSR count). The van der Waals surface area contributed by atoms with Crippen molar-refractivity contribution in [3.8, 4) is 22.5 Å². The summed E-state index contributed by atoms with van der Waals surface area (Å²) in [7, 11) is 1.88. The van der Waals surface area contributed by atoms with Gasteiger partial charge >= 0.3 is 0 Å². The molecule has 0 fully saturated rings. The van der Waals surface area contributed by atoms with Crippen molar-refractivity contribution in [3.05, 3.63) is 67.0 Å². The zero-order chi connectivity index (χ0) is 17.9. The lowest BCUT2D eigenvalue weighted by Gasteiger charge is -2.10. The summed E-state index contributed by atoms with van der Waals surface area (Å²) in [5.74, 6) is 1.49. The summed E-state index contributed by atoms with van der Waals surface area (Å²) < 4.78 is 0. The van der Waals surface area contributed by atoms with Gasteiger partial charge in [0.2, 0.25) is 0 Å². The summed E-state index contributed by atoms with van der Waals surface area (Å²) >= 11 is 1.75. The Balaban J connectivity index is 1.86. The molecule has 0 saturated carbocycles. The van der Waals surface area contributed by atoms with Gasteiger partial charge in [-0.2, -0.15) is 0 Å². The Kier molecular flexibility index (Phi) is 4.54. The molecule has 128 valence electrons. The van der Waals surface area contributed by atoms with Crippen molar-refractivity contribution >= 4 is 28.5 Å². The Bertz CT molecular complexity index is 1060. The number of pyridine rings is 1. The van der Waals surface area contributed by atoms with Gasteiger partial charge in [-0.05, 0) is 53.8 Å². The zero-order valence-electron chi connectivity index (χ0n) is 14.6. The number of rotatable bonds is 4. The predicted molar refractivity (Wildman–Crippen MR) is 110 cm³/mol. The van der Waals surface area contributed by atoms with E-state index in [4.69, 9.17) is 9.97 Å². The first-order chi connectivity index (χ1) is 12.8. The van der Waals surface area contributed by atoms with Crippen LogP contribution in [-0.2, 0) is 0 Å². The van der Waals surface area contributed by atoms with Crippen molar-refractivity contribution in [1.82, 2.24) is 15.0 Å². The maximum absolute atomic E-state index is 4.73. The standard InChI is InChI=1S/C21H18N4S/c1-22-21-18-12-15(14-5-3-7-17(11-14)26-2)8-9-19(18)24-20(25-21)16-6-4-10-23-13-16/h3-13H,1-2H3,(H,22,24,25). The number of fused-ring (bicyclic) bond motifs is 1. The fraction of sp³-hybridized carbons (Fsp3) is 0.0952. The quantitative estimate of drug-likeness (QED) is 0.513. The van der Waals surface area contributed by atoms with Crippen LogP contribution in [0, 0.1) is 0 Å². The highest BCUT2D eigenvalue weighted by molar-refractivity contribution is 7.98. The summed E-state index contributed by atoms with van der Waals surface area (Å²) in [4.78, 5) is 14.8. The molecule has 5 heteroatoms. The van der Waals surface area contributed by atoms with E-state index in [-0.39, 0.29) is 0 Å². The summed E-state index contributed by atoms with van der Waals surface area (Å²) in [6.45, 7) is 0. The molecule has 2 heterocycles. The van der Waals surface area contributed by atoms with Crippen LogP contribution in [0.5, 0.6) is 0 Å². The number of benzene rings is 2. The van der Waals surface area contributed by atoms with Gasteiger partial charge in [0.05, 0.1) is 5.52 Å². The third-order valence-corrected chi connectivity index (χ3v) is 4.98. The highest BCUT2D eigenvalue weighted by atomic mass is 32.2. The van der Waals surface area contributed by atoms with E-state index in [0.29, 0.717) is 5.82 Å². The number of aromatic nitrogens is 3. The Hall–Kier alpha value is -2.92. The van der Waals surface area contributed by atoms with E-state index in [1.54, 1.807) is 24.2 Å². The SMILES string of the molecule is CNc1nc(-c2cccnc2)nc2ccc(-c3cccc(SC)c3)cc12. The minimum atomic E-state index is 0.673. The molecule has 4 nitrogen and oxygen atoms in total. The molecule has 2 aromatic carbocycles. The first-order valence-electron chi connectivity index (χ1n) is 8.33. The van der Waals surface area contributed by atoms with Crippen LogP contribution < -0.4 is 5.32 Å². The van der Waals surface area contributed by atoms with Crippen molar-refractivity contribution in [2.45, 2.75) is 4.90 Å². The van der Waals surface area contributed by atoms with Crippen molar-refractivity contribution in [3.63, 3.8) is 0 Å². The normalized spacial score (nSPS) is 10.8.